The van der Waals surface area contributed by atoms with E-state index >= 15 is 0 Å². The van der Waals surface area contributed by atoms with Gasteiger partial charge in [-0.2, -0.15) is 5.10 Å². The predicted octanol–water partition coefficient (Wildman–Crippen LogP) is 1.57. The zero-order valence-electron chi connectivity index (χ0n) is 12.3. The highest BCUT2D eigenvalue weighted by molar-refractivity contribution is 6.28. The first-order valence-electron chi connectivity index (χ1n) is 6.52. The van der Waals surface area contributed by atoms with E-state index < -0.39 is 0 Å². The fourth-order valence-corrected chi connectivity index (χ4v) is 1.89. The van der Waals surface area contributed by atoms with E-state index in [1.807, 2.05) is 32.3 Å². The molecule has 0 unspecified atom stereocenters. The van der Waals surface area contributed by atoms with Gasteiger partial charge in [-0.05, 0) is 6.07 Å². The molecule has 0 bridgehead atoms. The molecular weight excluding hydrogens is 266 g/mol. The average Bonchev–Trinajstić information content (AvgIpc) is 2.48. The molecule has 0 aliphatic heterocycles. The molecule has 108 valence electrons. The Balaban J connectivity index is 2.52. The molecule has 0 amide bonds. The molecule has 1 aromatic heterocycles. The molecule has 2 aromatic rings. The summed E-state index contributed by atoms with van der Waals surface area (Å²) in [5.74, 6) is -0.129. The number of aromatic nitrogens is 2. The van der Waals surface area contributed by atoms with E-state index in [-0.39, 0.29) is 11.3 Å². The van der Waals surface area contributed by atoms with Crippen molar-refractivity contribution in [1.82, 2.24) is 14.7 Å². The molecule has 1 aromatic carbocycles. The highest BCUT2D eigenvalue weighted by Crippen LogP contribution is 2.17. The van der Waals surface area contributed by atoms with Gasteiger partial charge in [0.25, 0.3) is 5.56 Å². The number of ketones is 1. The molecule has 0 spiro atoms. The zero-order valence-corrected chi connectivity index (χ0v) is 12.3. The number of carbonyl (C=O) groups excluding carboxylic acids is 1. The van der Waals surface area contributed by atoms with E-state index in [9.17, 15) is 9.59 Å². The standard InChI is InChI=1S/C16H17N3O2/c1-18(2)11-13(14-9-10-15(20)19(3)17-14)16(21)12-7-5-4-6-8-12/h4-11H,1-3H3. The minimum atomic E-state index is -0.213. The van der Waals surface area contributed by atoms with Gasteiger partial charge in [-0.3, -0.25) is 9.59 Å². The summed E-state index contributed by atoms with van der Waals surface area (Å²) < 4.78 is 1.22. The van der Waals surface area contributed by atoms with Gasteiger partial charge in [0.15, 0.2) is 5.78 Å². The fourth-order valence-electron chi connectivity index (χ4n) is 1.89. The summed E-state index contributed by atoms with van der Waals surface area (Å²) in [6, 6.07) is 12.0. The van der Waals surface area contributed by atoms with Crippen molar-refractivity contribution < 1.29 is 4.79 Å². The number of hydrogen-bond acceptors (Lipinski definition) is 4. The Bertz CT molecular complexity index is 731. The number of carbonyl (C=O) groups is 1. The third kappa shape index (κ3) is 3.45. The topological polar surface area (TPSA) is 55.2 Å². The van der Waals surface area contributed by atoms with Crippen LogP contribution < -0.4 is 5.56 Å². The number of nitrogens with zero attached hydrogens (tertiary/aromatic N) is 3. The number of allylic oxidation sites excluding steroid dienone is 1. The number of Topliss-reactive ketones (excluding diaryl/α,β-unsaturated/α-hetero) is 1. The van der Waals surface area contributed by atoms with Gasteiger partial charge in [-0.15, -0.1) is 0 Å². The van der Waals surface area contributed by atoms with Crippen molar-refractivity contribution in [2.45, 2.75) is 0 Å². The molecule has 0 fully saturated rings. The molecule has 0 saturated heterocycles. The second kappa shape index (κ2) is 6.17. The van der Waals surface area contributed by atoms with E-state index in [1.54, 1.807) is 36.3 Å². The van der Waals surface area contributed by atoms with E-state index in [0.717, 1.165) is 0 Å². The predicted molar refractivity (Wildman–Crippen MR) is 81.9 cm³/mol. The van der Waals surface area contributed by atoms with Crippen LogP contribution in [0.1, 0.15) is 16.1 Å². The largest absolute Gasteiger partial charge is 0.383 e. The molecule has 0 radical (unpaired) electrons. The van der Waals surface area contributed by atoms with Crippen LogP contribution in [0, 0.1) is 0 Å². The molecule has 0 N–H and O–H groups in total. The molecule has 0 aliphatic rings. The van der Waals surface area contributed by atoms with Gasteiger partial charge in [-0.25, -0.2) is 4.68 Å². The monoisotopic (exact) mass is 283 g/mol. The lowest BCUT2D eigenvalue weighted by Crippen LogP contribution is -2.20. The quantitative estimate of drug-likeness (QED) is 0.631. The SMILES string of the molecule is CN(C)C=C(C(=O)c1ccccc1)c1ccc(=O)n(C)n1. The van der Waals surface area contributed by atoms with Gasteiger partial charge in [0.1, 0.15) is 0 Å². The Labute approximate surface area is 123 Å². The normalized spacial score (nSPS) is 11.3. The van der Waals surface area contributed by atoms with Crippen LogP contribution in [-0.4, -0.2) is 34.6 Å². The van der Waals surface area contributed by atoms with Crippen LogP contribution in [0.2, 0.25) is 0 Å². The zero-order chi connectivity index (χ0) is 15.4. The van der Waals surface area contributed by atoms with Crippen molar-refractivity contribution in [3.63, 3.8) is 0 Å². The molecule has 2 rings (SSSR count). The lowest BCUT2D eigenvalue weighted by atomic mass is 10.0. The average molecular weight is 283 g/mol. The van der Waals surface area contributed by atoms with Crippen molar-refractivity contribution in [2.24, 2.45) is 7.05 Å². The minimum absolute atomic E-state index is 0.129. The summed E-state index contributed by atoms with van der Waals surface area (Å²) >= 11 is 0. The van der Waals surface area contributed by atoms with Gasteiger partial charge < -0.3 is 4.90 Å². The minimum Gasteiger partial charge on any atom is -0.383 e. The van der Waals surface area contributed by atoms with Crippen molar-refractivity contribution in [2.75, 3.05) is 14.1 Å². The molecule has 1 heterocycles. The maximum absolute atomic E-state index is 12.7. The van der Waals surface area contributed by atoms with Crippen LogP contribution in [0.4, 0.5) is 0 Å². The maximum atomic E-state index is 12.7. The van der Waals surface area contributed by atoms with Crippen LogP contribution in [0.5, 0.6) is 0 Å². The molecular formula is C16H17N3O2. The highest BCUT2D eigenvalue weighted by atomic mass is 16.1. The summed E-state index contributed by atoms with van der Waals surface area (Å²) in [5, 5.41) is 4.16. The number of rotatable bonds is 4. The third-order valence-electron chi connectivity index (χ3n) is 2.90. The van der Waals surface area contributed by atoms with Crippen molar-refractivity contribution in [3.05, 3.63) is 70.3 Å². The molecule has 0 atom stereocenters. The molecule has 0 aliphatic carbocycles. The Morgan fingerprint density at radius 2 is 1.81 bits per heavy atom. The maximum Gasteiger partial charge on any atom is 0.266 e. The van der Waals surface area contributed by atoms with E-state index in [0.29, 0.717) is 16.8 Å². The van der Waals surface area contributed by atoms with E-state index in [4.69, 9.17) is 0 Å². The Morgan fingerprint density at radius 3 is 2.38 bits per heavy atom. The molecule has 0 saturated carbocycles. The highest BCUT2D eigenvalue weighted by Gasteiger charge is 2.16. The van der Waals surface area contributed by atoms with E-state index in [2.05, 4.69) is 5.10 Å². The van der Waals surface area contributed by atoms with Crippen LogP contribution in [0.25, 0.3) is 5.57 Å². The summed E-state index contributed by atoms with van der Waals surface area (Å²) in [4.78, 5) is 25.9. The fraction of sp³-hybridized carbons (Fsp3) is 0.188. The Kier molecular flexibility index (Phi) is 4.33. The first-order chi connectivity index (χ1) is 9.99. The summed E-state index contributed by atoms with van der Waals surface area (Å²) in [5.41, 5.74) is 1.29. The van der Waals surface area contributed by atoms with Crippen molar-refractivity contribution in [1.29, 1.82) is 0 Å². The van der Waals surface area contributed by atoms with Gasteiger partial charge in [-0.1, -0.05) is 30.3 Å². The lowest BCUT2D eigenvalue weighted by Gasteiger charge is -2.11. The lowest BCUT2D eigenvalue weighted by molar-refractivity contribution is 0.105. The van der Waals surface area contributed by atoms with Gasteiger partial charge >= 0.3 is 0 Å². The van der Waals surface area contributed by atoms with Crippen molar-refractivity contribution >= 4 is 11.4 Å². The number of aryl methyl sites for hydroxylation is 1. The second-order valence-electron chi connectivity index (χ2n) is 4.88. The number of benzene rings is 1. The van der Waals surface area contributed by atoms with Crippen LogP contribution in [0.3, 0.4) is 0 Å². The molecule has 5 heteroatoms. The number of hydrogen-bond donors (Lipinski definition) is 0. The van der Waals surface area contributed by atoms with Gasteiger partial charge in [0.2, 0.25) is 0 Å². The Morgan fingerprint density at radius 1 is 1.14 bits per heavy atom. The first kappa shape index (κ1) is 14.7. The van der Waals surface area contributed by atoms with E-state index in [1.165, 1.54) is 10.7 Å². The summed E-state index contributed by atoms with van der Waals surface area (Å²) in [7, 11) is 5.23. The summed E-state index contributed by atoms with van der Waals surface area (Å²) in [6.07, 6.45) is 1.71. The van der Waals surface area contributed by atoms with Gasteiger partial charge in [0, 0.05) is 39.0 Å². The molecule has 5 nitrogen and oxygen atoms in total. The Hall–Kier alpha value is -2.69. The van der Waals surface area contributed by atoms with Crippen molar-refractivity contribution in [3.8, 4) is 0 Å². The van der Waals surface area contributed by atoms with Crippen LogP contribution >= 0.6 is 0 Å². The molecule has 21 heavy (non-hydrogen) atoms. The summed E-state index contributed by atoms with van der Waals surface area (Å²) in [6.45, 7) is 0. The third-order valence-corrected chi connectivity index (χ3v) is 2.90. The van der Waals surface area contributed by atoms with Crippen LogP contribution in [0.15, 0.2) is 53.5 Å². The van der Waals surface area contributed by atoms with Crippen LogP contribution in [-0.2, 0) is 7.05 Å². The van der Waals surface area contributed by atoms with Gasteiger partial charge in [0.05, 0.1) is 11.3 Å². The second-order valence-corrected chi connectivity index (χ2v) is 4.88. The first-order valence-corrected chi connectivity index (χ1v) is 6.52. The smallest absolute Gasteiger partial charge is 0.266 e.